The number of rotatable bonds is 8. The van der Waals surface area contributed by atoms with Crippen molar-refractivity contribution in [2.45, 2.75) is 19.8 Å². The Morgan fingerprint density at radius 2 is 1.65 bits per heavy atom. The summed E-state index contributed by atoms with van der Waals surface area (Å²) in [6.07, 6.45) is 1.60. The molecule has 0 radical (unpaired) electrons. The quantitative estimate of drug-likeness (QED) is 0.815. The molecule has 1 amide bonds. The Balaban J connectivity index is 1.77. The fourth-order valence-electron chi connectivity index (χ4n) is 2.38. The van der Waals surface area contributed by atoms with Crippen molar-refractivity contribution in [2.24, 2.45) is 0 Å². The molecule has 0 aliphatic carbocycles. The second kappa shape index (κ2) is 8.83. The number of methoxy groups -OCH3 is 1. The zero-order valence-electron chi connectivity index (χ0n) is 13.7. The molecule has 0 bridgehead atoms. The van der Waals surface area contributed by atoms with Gasteiger partial charge in [0.05, 0.1) is 7.11 Å². The second-order valence-electron chi connectivity index (χ2n) is 5.16. The summed E-state index contributed by atoms with van der Waals surface area (Å²) >= 11 is 0. The Morgan fingerprint density at radius 3 is 2.35 bits per heavy atom. The topological polar surface area (TPSA) is 47.6 Å². The number of para-hydroxylation sites is 2. The van der Waals surface area contributed by atoms with Gasteiger partial charge in [0.15, 0.2) is 6.61 Å². The van der Waals surface area contributed by atoms with Crippen molar-refractivity contribution >= 4 is 5.91 Å². The molecular weight excluding hydrogens is 290 g/mol. The average molecular weight is 313 g/mol. The summed E-state index contributed by atoms with van der Waals surface area (Å²) < 4.78 is 10.9. The Morgan fingerprint density at radius 1 is 1.00 bits per heavy atom. The lowest BCUT2D eigenvalue weighted by molar-refractivity contribution is -0.123. The van der Waals surface area contributed by atoms with Crippen molar-refractivity contribution in [2.75, 3.05) is 20.3 Å². The van der Waals surface area contributed by atoms with E-state index in [0.717, 1.165) is 35.5 Å². The molecule has 0 heterocycles. The van der Waals surface area contributed by atoms with E-state index in [9.17, 15) is 4.79 Å². The highest BCUT2D eigenvalue weighted by atomic mass is 16.5. The van der Waals surface area contributed by atoms with Gasteiger partial charge < -0.3 is 14.8 Å². The molecule has 0 unspecified atom stereocenters. The van der Waals surface area contributed by atoms with E-state index in [1.54, 1.807) is 7.11 Å². The van der Waals surface area contributed by atoms with Crippen molar-refractivity contribution < 1.29 is 14.3 Å². The number of ether oxygens (including phenoxy) is 2. The summed E-state index contributed by atoms with van der Waals surface area (Å²) in [5, 5.41) is 2.87. The minimum Gasteiger partial charge on any atom is -0.496 e. The third-order valence-corrected chi connectivity index (χ3v) is 3.62. The maximum atomic E-state index is 11.9. The van der Waals surface area contributed by atoms with Gasteiger partial charge in [-0.2, -0.15) is 0 Å². The number of carbonyl (C=O) groups is 1. The first-order valence-electron chi connectivity index (χ1n) is 7.84. The molecule has 0 fully saturated rings. The maximum absolute atomic E-state index is 11.9. The van der Waals surface area contributed by atoms with E-state index in [2.05, 4.69) is 12.2 Å². The summed E-state index contributed by atoms with van der Waals surface area (Å²) in [6, 6.07) is 15.6. The Labute approximate surface area is 137 Å². The van der Waals surface area contributed by atoms with E-state index in [-0.39, 0.29) is 12.5 Å². The van der Waals surface area contributed by atoms with E-state index in [1.807, 2.05) is 48.5 Å². The van der Waals surface area contributed by atoms with Crippen molar-refractivity contribution in [3.63, 3.8) is 0 Å². The van der Waals surface area contributed by atoms with E-state index >= 15 is 0 Å². The number of amides is 1. The lowest BCUT2D eigenvalue weighted by atomic mass is 10.1. The van der Waals surface area contributed by atoms with E-state index in [0.29, 0.717) is 6.54 Å². The molecule has 1 N–H and O–H groups in total. The molecule has 4 nitrogen and oxygen atoms in total. The summed E-state index contributed by atoms with van der Waals surface area (Å²) in [6.45, 7) is 2.65. The van der Waals surface area contributed by atoms with E-state index in [4.69, 9.17) is 9.47 Å². The second-order valence-corrected chi connectivity index (χ2v) is 5.16. The van der Waals surface area contributed by atoms with Crippen LogP contribution in [0.2, 0.25) is 0 Å². The van der Waals surface area contributed by atoms with Gasteiger partial charge in [-0.1, -0.05) is 43.3 Å². The first kappa shape index (κ1) is 16.9. The number of hydrogen-bond donors (Lipinski definition) is 1. The summed E-state index contributed by atoms with van der Waals surface area (Å²) in [7, 11) is 1.65. The van der Waals surface area contributed by atoms with Gasteiger partial charge in [-0.05, 0) is 36.1 Å². The zero-order valence-corrected chi connectivity index (χ0v) is 13.7. The lowest BCUT2D eigenvalue weighted by Crippen LogP contribution is -2.30. The number of carbonyl (C=O) groups excluding carboxylic acids is 1. The third-order valence-electron chi connectivity index (χ3n) is 3.62. The van der Waals surface area contributed by atoms with Gasteiger partial charge in [0.25, 0.3) is 5.91 Å². The van der Waals surface area contributed by atoms with Crippen LogP contribution >= 0.6 is 0 Å². The summed E-state index contributed by atoms with van der Waals surface area (Å²) in [5.41, 5.74) is 2.18. The highest BCUT2D eigenvalue weighted by Gasteiger charge is 2.06. The largest absolute Gasteiger partial charge is 0.496 e. The maximum Gasteiger partial charge on any atom is 0.257 e. The number of nitrogens with one attached hydrogen (secondary N) is 1. The average Bonchev–Trinajstić information content (AvgIpc) is 2.60. The van der Waals surface area contributed by atoms with Crippen molar-refractivity contribution in [3.05, 3.63) is 59.7 Å². The fourth-order valence-corrected chi connectivity index (χ4v) is 2.38. The molecule has 0 aliphatic rings. The monoisotopic (exact) mass is 313 g/mol. The molecule has 0 atom stereocenters. The minimum absolute atomic E-state index is 0.0307. The number of aryl methyl sites for hydroxylation is 1. The predicted molar refractivity (Wildman–Crippen MR) is 91.0 cm³/mol. The molecule has 122 valence electrons. The van der Waals surface area contributed by atoms with Gasteiger partial charge in [0.1, 0.15) is 11.5 Å². The molecule has 23 heavy (non-hydrogen) atoms. The molecule has 2 rings (SSSR count). The normalized spacial score (nSPS) is 10.2. The highest BCUT2D eigenvalue weighted by Crippen LogP contribution is 2.18. The van der Waals surface area contributed by atoms with Crippen LogP contribution in [0.5, 0.6) is 11.5 Å². The van der Waals surface area contributed by atoms with Gasteiger partial charge in [0.2, 0.25) is 0 Å². The first-order chi connectivity index (χ1) is 11.2. The van der Waals surface area contributed by atoms with Crippen LogP contribution in [0, 0.1) is 0 Å². The predicted octanol–water partition coefficient (Wildman–Crippen LogP) is 3.00. The van der Waals surface area contributed by atoms with Crippen LogP contribution in [0.3, 0.4) is 0 Å². The first-order valence-corrected chi connectivity index (χ1v) is 7.84. The SMILES string of the molecule is CCc1ccccc1OCC(=O)NCCc1ccccc1OC. The standard InChI is InChI=1S/C19H23NO3/c1-3-15-8-4-7-11-18(15)23-14-19(21)20-13-12-16-9-5-6-10-17(16)22-2/h4-11H,3,12-14H2,1-2H3,(H,20,21). The Hall–Kier alpha value is -2.49. The van der Waals surface area contributed by atoms with Crippen LogP contribution in [0.4, 0.5) is 0 Å². The van der Waals surface area contributed by atoms with Crippen molar-refractivity contribution in [1.82, 2.24) is 5.32 Å². The van der Waals surface area contributed by atoms with Gasteiger partial charge in [-0.25, -0.2) is 0 Å². The Bertz CT molecular complexity index is 640. The molecule has 0 saturated carbocycles. The van der Waals surface area contributed by atoms with Gasteiger partial charge in [0, 0.05) is 6.54 Å². The number of benzene rings is 2. The third kappa shape index (κ3) is 5.02. The van der Waals surface area contributed by atoms with Gasteiger partial charge >= 0.3 is 0 Å². The van der Waals surface area contributed by atoms with Crippen molar-refractivity contribution in [1.29, 1.82) is 0 Å². The molecule has 2 aromatic carbocycles. The Kier molecular flexibility index (Phi) is 6.48. The summed E-state index contributed by atoms with van der Waals surface area (Å²) in [5.74, 6) is 1.50. The van der Waals surface area contributed by atoms with Crippen LogP contribution in [-0.2, 0) is 17.6 Å². The smallest absolute Gasteiger partial charge is 0.257 e. The van der Waals surface area contributed by atoms with Crippen LogP contribution in [-0.4, -0.2) is 26.2 Å². The molecular formula is C19H23NO3. The molecule has 0 saturated heterocycles. The minimum atomic E-state index is -0.120. The lowest BCUT2D eigenvalue weighted by Gasteiger charge is -2.11. The highest BCUT2D eigenvalue weighted by molar-refractivity contribution is 5.77. The number of hydrogen-bond acceptors (Lipinski definition) is 3. The van der Waals surface area contributed by atoms with Gasteiger partial charge in [-0.3, -0.25) is 4.79 Å². The van der Waals surface area contributed by atoms with Crippen LogP contribution in [0.1, 0.15) is 18.1 Å². The van der Waals surface area contributed by atoms with Crippen molar-refractivity contribution in [3.8, 4) is 11.5 Å². The summed E-state index contributed by atoms with van der Waals surface area (Å²) in [4.78, 5) is 11.9. The van der Waals surface area contributed by atoms with Gasteiger partial charge in [-0.15, -0.1) is 0 Å². The fraction of sp³-hybridized carbons (Fsp3) is 0.316. The zero-order chi connectivity index (χ0) is 16.5. The van der Waals surface area contributed by atoms with Crippen LogP contribution in [0.25, 0.3) is 0 Å². The molecule has 0 spiro atoms. The van der Waals surface area contributed by atoms with E-state index < -0.39 is 0 Å². The van der Waals surface area contributed by atoms with Crippen LogP contribution < -0.4 is 14.8 Å². The molecule has 0 aromatic heterocycles. The molecule has 4 heteroatoms. The molecule has 0 aliphatic heterocycles. The van der Waals surface area contributed by atoms with Crippen LogP contribution in [0.15, 0.2) is 48.5 Å². The van der Waals surface area contributed by atoms with E-state index in [1.165, 1.54) is 0 Å². The molecule has 2 aromatic rings.